The van der Waals surface area contributed by atoms with Gasteiger partial charge in [0.25, 0.3) is 0 Å². The van der Waals surface area contributed by atoms with E-state index in [0.717, 1.165) is 23.3 Å². The second kappa shape index (κ2) is 6.89. The zero-order valence-electron chi connectivity index (χ0n) is 14.3. The quantitative estimate of drug-likeness (QED) is 0.755. The number of methoxy groups -OCH3 is 1. The minimum absolute atomic E-state index is 0.0903. The summed E-state index contributed by atoms with van der Waals surface area (Å²) in [6.07, 6.45) is 0. The number of rotatable bonds is 5. The van der Waals surface area contributed by atoms with E-state index in [9.17, 15) is 4.79 Å². The van der Waals surface area contributed by atoms with Gasteiger partial charge in [-0.05, 0) is 25.1 Å². The number of nitrogens with one attached hydrogen (secondary N) is 2. The van der Waals surface area contributed by atoms with Gasteiger partial charge in [-0.25, -0.2) is 0 Å². The van der Waals surface area contributed by atoms with Crippen LogP contribution in [0.1, 0.15) is 16.8 Å². The predicted molar refractivity (Wildman–Crippen MR) is 96.6 cm³/mol. The average Bonchev–Trinajstić information content (AvgIpc) is 2.59. The smallest absolute Gasteiger partial charge is 0.198 e. The highest BCUT2D eigenvalue weighted by molar-refractivity contribution is 5.81. The van der Waals surface area contributed by atoms with Crippen LogP contribution in [-0.2, 0) is 13.1 Å². The van der Waals surface area contributed by atoms with E-state index in [4.69, 9.17) is 4.74 Å². The maximum atomic E-state index is 12.9. The van der Waals surface area contributed by atoms with Crippen molar-refractivity contribution in [2.24, 2.45) is 0 Å². The lowest BCUT2D eigenvalue weighted by molar-refractivity contribution is -0.907. The van der Waals surface area contributed by atoms with Crippen molar-refractivity contribution in [2.75, 3.05) is 14.2 Å². The monoisotopic (exact) mass is 323 g/mol. The normalized spacial score (nSPS) is 12.3. The van der Waals surface area contributed by atoms with E-state index in [1.54, 1.807) is 7.11 Å². The Kier molecular flexibility index (Phi) is 4.67. The summed E-state index contributed by atoms with van der Waals surface area (Å²) in [4.78, 5) is 17.5. The molecule has 1 heterocycles. The Bertz CT molecular complexity index is 901. The Morgan fingerprint density at radius 1 is 1.08 bits per heavy atom. The van der Waals surface area contributed by atoms with Crippen LogP contribution in [-0.4, -0.2) is 19.1 Å². The predicted octanol–water partition coefficient (Wildman–Crippen LogP) is 2.06. The van der Waals surface area contributed by atoms with E-state index in [2.05, 4.69) is 24.2 Å². The van der Waals surface area contributed by atoms with E-state index >= 15 is 0 Å². The first-order chi connectivity index (χ1) is 11.6. The minimum Gasteiger partial charge on any atom is -0.497 e. The van der Waals surface area contributed by atoms with Crippen molar-refractivity contribution in [1.29, 1.82) is 0 Å². The first-order valence-corrected chi connectivity index (χ1v) is 8.13. The van der Waals surface area contributed by atoms with Crippen molar-refractivity contribution in [3.8, 4) is 5.75 Å². The van der Waals surface area contributed by atoms with Crippen LogP contribution in [0.5, 0.6) is 5.75 Å². The van der Waals surface area contributed by atoms with Gasteiger partial charge >= 0.3 is 0 Å². The molecule has 0 saturated carbocycles. The lowest BCUT2D eigenvalue weighted by Crippen LogP contribution is -3.06. The molecule has 0 spiro atoms. The maximum absolute atomic E-state index is 12.9. The summed E-state index contributed by atoms with van der Waals surface area (Å²) in [6, 6.07) is 15.9. The number of aryl methyl sites for hydroxylation is 1. The molecule has 0 radical (unpaired) electrons. The topological polar surface area (TPSA) is 46.5 Å². The standard InChI is InChI=1S/C20H22N2O2/c1-14-18(13-22(2)12-15-7-5-4-6-8-15)20(23)17-11-16(24-3)9-10-19(17)21-14/h4-11H,12-13H2,1-3H3,(H,21,23)/p+1. The molecule has 4 nitrogen and oxygen atoms in total. The number of quaternary nitrogens is 1. The summed E-state index contributed by atoms with van der Waals surface area (Å²) in [6.45, 7) is 3.54. The van der Waals surface area contributed by atoms with Crippen LogP contribution in [0.3, 0.4) is 0 Å². The van der Waals surface area contributed by atoms with Gasteiger partial charge in [-0.1, -0.05) is 30.3 Å². The summed E-state index contributed by atoms with van der Waals surface area (Å²) >= 11 is 0. The van der Waals surface area contributed by atoms with Crippen LogP contribution in [0, 0.1) is 6.92 Å². The van der Waals surface area contributed by atoms with Gasteiger partial charge in [0.1, 0.15) is 18.8 Å². The second-order valence-corrected chi connectivity index (χ2v) is 6.27. The number of ether oxygens (including phenoxy) is 1. The molecule has 0 aliphatic rings. The zero-order chi connectivity index (χ0) is 17.1. The Morgan fingerprint density at radius 3 is 2.54 bits per heavy atom. The van der Waals surface area contributed by atoms with E-state index in [1.165, 1.54) is 10.5 Å². The molecule has 3 aromatic rings. The summed E-state index contributed by atoms with van der Waals surface area (Å²) in [7, 11) is 3.73. The number of fused-ring (bicyclic) bond motifs is 1. The third-order valence-corrected chi connectivity index (χ3v) is 4.35. The maximum Gasteiger partial charge on any atom is 0.198 e. The van der Waals surface area contributed by atoms with Crippen LogP contribution in [0.15, 0.2) is 53.3 Å². The fourth-order valence-corrected chi connectivity index (χ4v) is 3.08. The third-order valence-electron chi connectivity index (χ3n) is 4.35. The highest BCUT2D eigenvalue weighted by Crippen LogP contribution is 2.18. The number of hydrogen-bond donors (Lipinski definition) is 2. The number of H-pyrrole nitrogens is 1. The van der Waals surface area contributed by atoms with Gasteiger partial charge in [-0.2, -0.15) is 0 Å². The molecule has 24 heavy (non-hydrogen) atoms. The van der Waals surface area contributed by atoms with Gasteiger partial charge in [0.05, 0.1) is 19.7 Å². The molecular weight excluding hydrogens is 300 g/mol. The highest BCUT2D eigenvalue weighted by atomic mass is 16.5. The van der Waals surface area contributed by atoms with Crippen LogP contribution >= 0.6 is 0 Å². The molecule has 0 aliphatic carbocycles. The first kappa shape index (κ1) is 16.3. The highest BCUT2D eigenvalue weighted by Gasteiger charge is 2.14. The van der Waals surface area contributed by atoms with Gasteiger partial charge in [0, 0.05) is 22.2 Å². The Morgan fingerprint density at radius 2 is 1.83 bits per heavy atom. The Labute approximate surface area is 141 Å². The lowest BCUT2D eigenvalue weighted by atomic mass is 10.1. The number of benzene rings is 2. The van der Waals surface area contributed by atoms with E-state index in [0.29, 0.717) is 17.7 Å². The van der Waals surface area contributed by atoms with Crippen molar-refractivity contribution in [3.63, 3.8) is 0 Å². The van der Waals surface area contributed by atoms with Crippen molar-refractivity contribution in [1.82, 2.24) is 4.98 Å². The van der Waals surface area contributed by atoms with Crippen molar-refractivity contribution in [3.05, 3.63) is 75.6 Å². The first-order valence-electron chi connectivity index (χ1n) is 8.13. The van der Waals surface area contributed by atoms with E-state index < -0.39 is 0 Å². The van der Waals surface area contributed by atoms with Crippen LogP contribution in [0.2, 0.25) is 0 Å². The summed E-state index contributed by atoms with van der Waals surface area (Å²) < 4.78 is 5.25. The van der Waals surface area contributed by atoms with E-state index in [-0.39, 0.29) is 5.43 Å². The van der Waals surface area contributed by atoms with Crippen LogP contribution in [0.25, 0.3) is 10.9 Å². The third kappa shape index (κ3) is 3.34. The Hall–Kier alpha value is -2.59. The molecule has 1 aromatic heterocycles. The summed E-state index contributed by atoms with van der Waals surface area (Å²) in [5, 5.41) is 0.683. The number of aromatic nitrogens is 1. The molecule has 0 saturated heterocycles. The molecule has 1 unspecified atom stereocenters. The summed E-state index contributed by atoms with van der Waals surface area (Å²) in [5.74, 6) is 0.702. The van der Waals surface area contributed by atoms with Crippen molar-refractivity contribution < 1.29 is 9.64 Å². The number of hydrogen-bond acceptors (Lipinski definition) is 2. The molecular formula is C20H23N2O2+. The minimum atomic E-state index is 0.0903. The molecule has 1 atom stereocenters. The van der Waals surface area contributed by atoms with Gasteiger partial charge in [-0.3, -0.25) is 4.79 Å². The lowest BCUT2D eigenvalue weighted by Gasteiger charge is -2.16. The largest absolute Gasteiger partial charge is 0.497 e. The fraction of sp³-hybridized carbons (Fsp3) is 0.250. The van der Waals surface area contributed by atoms with Gasteiger partial charge in [0.15, 0.2) is 5.43 Å². The fourth-order valence-electron chi connectivity index (χ4n) is 3.08. The number of aromatic amines is 1. The molecule has 3 rings (SSSR count). The molecule has 2 aromatic carbocycles. The zero-order valence-corrected chi connectivity index (χ0v) is 14.3. The molecule has 0 fully saturated rings. The van der Waals surface area contributed by atoms with E-state index in [1.807, 2.05) is 43.3 Å². The average molecular weight is 323 g/mol. The Balaban J connectivity index is 1.92. The molecule has 0 bridgehead atoms. The molecule has 0 amide bonds. The number of pyridine rings is 1. The van der Waals surface area contributed by atoms with Crippen LogP contribution < -0.4 is 15.1 Å². The van der Waals surface area contributed by atoms with Gasteiger partial charge in [-0.15, -0.1) is 0 Å². The summed E-state index contributed by atoms with van der Waals surface area (Å²) in [5.41, 5.74) is 3.98. The SMILES string of the molecule is COc1ccc2[nH]c(C)c(C[NH+](C)Cc3ccccc3)c(=O)c2c1. The molecule has 124 valence electrons. The van der Waals surface area contributed by atoms with Gasteiger partial charge in [0.2, 0.25) is 0 Å². The van der Waals surface area contributed by atoms with Crippen molar-refractivity contribution >= 4 is 10.9 Å². The molecule has 4 heteroatoms. The molecule has 0 aliphatic heterocycles. The van der Waals surface area contributed by atoms with Crippen LogP contribution in [0.4, 0.5) is 0 Å². The van der Waals surface area contributed by atoms with Crippen molar-refractivity contribution in [2.45, 2.75) is 20.0 Å². The van der Waals surface area contributed by atoms with Gasteiger partial charge < -0.3 is 14.6 Å². The second-order valence-electron chi connectivity index (χ2n) is 6.27. The molecule has 2 N–H and O–H groups in total.